The van der Waals surface area contributed by atoms with Gasteiger partial charge in [-0.2, -0.15) is 0 Å². The summed E-state index contributed by atoms with van der Waals surface area (Å²) in [6, 6.07) is 4.72. The zero-order chi connectivity index (χ0) is 17.1. The van der Waals surface area contributed by atoms with Crippen LogP contribution in [0.5, 0.6) is 0 Å². The molecule has 0 unspecified atom stereocenters. The van der Waals surface area contributed by atoms with E-state index in [0.717, 1.165) is 0 Å². The maximum Gasteiger partial charge on any atom is 0.429 e. The number of ether oxygens (including phenoxy) is 2. The van der Waals surface area contributed by atoms with Gasteiger partial charge >= 0.3 is 12.1 Å². The van der Waals surface area contributed by atoms with Crippen molar-refractivity contribution in [3.05, 3.63) is 23.8 Å². The van der Waals surface area contributed by atoms with Gasteiger partial charge in [0.05, 0.1) is 24.0 Å². The number of benzene rings is 1. The Bertz CT molecular complexity index is 566. The van der Waals surface area contributed by atoms with Crippen LogP contribution in [-0.2, 0) is 9.47 Å². The molecule has 7 heteroatoms. The van der Waals surface area contributed by atoms with Crippen molar-refractivity contribution >= 4 is 23.4 Å². The third-order valence-electron chi connectivity index (χ3n) is 2.90. The van der Waals surface area contributed by atoms with Crippen molar-refractivity contribution in [2.75, 3.05) is 31.9 Å². The van der Waals surface area contributed by atoms with Crippen LogP contribution in [0.4, 0.5) is 16.2 Å². The maximum absolute atomic E-state index is 12.1. The minimum atomic E-state index is -0.591. The fourth-order valence-electron chi connectivity index (χ4n) is 1.71. The number of hydrogen-bond acceptors (Lipinski definition) is 6. The van der Waals surface area contributed by atoms with E-state index in [0.29, 0.717) is 16.9 Å². The van der Waals surface area contributed by atoms with Gasteiger partial charge in [-0.25, -0.2) is 14.6 Å². The average Bonchev–Trinajstić information content (AvgIpc) is 2.42. The zero-order valence-electron chi connectivity index (χ0n) is 13.8. The van der Waals surface area contributed by atoms with Crippen molar-refractivity contribution in [1.82, 2.24) is 5.01 Å². The first-order valence-electron chi connectivity index (χ1n) is 6.75. The molecule has 0 saturated carbocycles. The van der Waals surface area contributed by atoms with Gasteiger partial charge in [-0.3, -0.25) is 5.01 Å². The van der Waals surface area contributed by atoms with Crippen LogP contribution in [-0.4, -0.2) is 43.9 Å². The topological polar surface area (TPSA) is 85.1 Å². The Labute approximate surface area is 130 Å². The SMILES string of the molecule is COC(=O)c1ccc(N(C)N(C)C(=O)OC(C)(C)C)c(N)c1. The van der Waals surface area contributed by atoms with Gasteiger partial charge in [0.1, 0.15) is 5.60 Å². The average molecular weight is 309 g/mol. The molecule has 0 aliphatic rings. The molecule has 22 heavy (non-hydrogen) atoms. The smallest absolute Gasteiger partial charge is 0.429 e. The molecule has 0 radical (unpaired) electrons. The number of nitrogens with zero attached hydrogens (tertiary/aromatic N) is 2. The van der Waals surface area contributed by atoms with E-state index in [2.05, 4.69) is 4.74 Å². The highest BCUT2D eigenvalue weighted by Gasteiger charge is 2.23. The number of hydrogen-bond donors (Lipinski definition) is 1. The summed E-state index contributed by atoms with van der Waals surface area (Å²) in [6.07, 6.45) is -0.508. The molecule has 0 aromatic heterocycles. The molecule has 0 heterocycles. The van der Waals surface area contributed by atoms with Gasteiger partial charge in [0.15, 0.2) is 0 Å². The number of hydrazine groups is 1. The van der Waals surface area contributed by atoms with E-state index in [1.807, 2.05) is 0 Å². The first kappa shape index (κ1) is 17.6. The predicted molar refractivity (Wildman–Crippen MR) is 84.6 cm³/mol. The summed E-state index contributed by atoms with van der Waals surface area (Å²) >= 11 is 0. The van der Waals surface area contributed by atoms with Gasteiger partial charge in [-0.1, -0.05) is 0 Å². The van der Waals surface area contributed by atoms with Crippen molar-refractivity contribution in [1.29, 1.82) is 0 Å². The number of esters is 1. The van der Waals surface area contributed by atoms with Gasteiger partial charge in [0.2, 0.25) is 0 Å². The molecule has 1 aromatic carbocycles. The third-order valence-corrected chi connectivity index (χ3v) is 2.90. The molecule has 1 amide bonds. The second-order valence-corrected chi connectivity index (χ2v) is 5.79. The number of methoxy groups -OCH3 is 1. The predicted octanol–water partition coefficient (Wildman–Crippen LogP) is 2.27. The number of carbonyl (C=O) groups excluding carboxylic acids is 2. The van der Waals surface area contributed by atoms with Crippen LogP contribution < -0.4 is 10.7 Å². The molecule has 0 aliphatic heterocycles. The lowest BCUT2D eigenvalue weighted by atomic mass is 10.1. The van der Waals surface area contributed by atoms with Crippen molar-refractivity contribution < 1.29 is 19.1 Å². The normalized spacial score (nSPS) is 10.8. The number of carbonyl (C=O) groups is 2. The Morgan fingerprint density at radius 1 is 1.18 bits per heavy atom. The summed E-state index contributed by atoms with van der Waals surface area (Å²) in [5.41, 5.74) is 6.62. The van der Waals surface area contributed by atoms with Crippen molar-refractivity contribution in [3.63, 3.8) is 0 Å². The molecule has 1 rings (SSSR count). The highest BCUT2D eigenvalue weighted by atomic mass is 16.6. The Hall–Kier alpha value is -2.44. The van der Waals surface area contributed by atoms with Crippen molar-refractivity contribution in [2.24, 2.45) is 0 Å². The third kappa shape index (κ3) is 4.28. The van der Waals surface area contributed by atoms with Crippen LogP contribution in [0.2, 0.25) is 0 Å². The molecule has 1 aromatic rings. The lowest BCUT2D eigenvalue weighted by Gasteiger charge is -2.32. The second-order valence-electron chi connectivity index (χ2n) is 5.79. The van der Waals surface area contributed by atoms with E-state index in [1.165, 1.54) is 18.2 Å². The molecule has 2 N–H and O–H groups in total. The second kappa shape index (κ2) is 6.55. The summed E-state index contributed by atoms with van der Waals surface area (Å²) in [7, 11) is 4.55. The molecule has 7 nitrogen and oxygen atoms in total. The Morgan fingerprint density at radius 3 is 2.23 bits per heavy atom. The van der Waals surface area contributed by atoms with Crippen LogP contribution in [0.25, 0.3) is 0 Å². The van der Waals surface area contributed by atoms with Gasteiger partial charge in [-0.05, 0) is 39.0 Å². The van der Waals surface area contributed by atoms with Crippen LogP contribution >= 0.6 is 0 Å². The molecular weight excluding hydrogens is 286 g/mol. The summed E-state index contributed by atoms with van der Waals surface area (Å²) in [5, 5.41) is 2.85. The van der Waals surface area contributed by atoms with E-state index in [-0.39, 0.29) is 0 Å². The number of rotatable bonds is 3. The molecule has 0 bridgehead atoms. The molecular formula is C15H23N3O4. The summed E-state index contributed by atoms with van der Waals surface area (Å²) in [5.74, 6) is -0.471. The fraction of sp³-hybridized carbons (Fsp3) is 0.467. The van der Waals surface area contributed by atoms with Gasteiger partial charge in [-0.15, -0.1) is 0 Å². The summed E-state index contributed by atoms with van der Waals surface area (Å²) in [4.78, 5) is 23.5. The van der Waals surface area contributed by atoms with Gasteiger partial charge in [0.25, 0.3) is 0 Å². The summed E-state index contributed by atoms with van der Waals surface area (Å²) in [6.45, 7) is 5.37. The van der Waals surface area contributed by atoms with E-state index >= 15 is 0 Å². The first-order valence-corrected chi connectivity index (χ1v) is 6.75. The molecule has 0 fully saturated rings. The van der Waals surface area contributed by atoms with E-state index in [4.69, 9.17) is 10.5 Å². The largest absolute Gasteiger partial charge is 0.465 e. The maximum atomic E-state index is 12.1. The standard InChI is InChI=1S/C15H23N3O4/c1-15(2,3)22-14(20)18(5)17(4)12-8-7-10(9-11(12)16)13(19)21-6/h7-9H,16H2,1-6H3. The quantitative estimate of drug-likeness (QED) is 0.524. The monoisotopic (exact) mass is 309 g/mol. The molecule has 0 saturated heterocycles. The molecule has 0 aliphatic carbocycles. The zero-order valence-corrected chi connectivity index (χ0v) is 13.8. The van der Waals surface area contributed by atoms with Crippen LogP contribution in [0.3, 0.4) is 0 Å². The van der Waals surface area contributed by atoms with Gasteiger partial charge < -0.3 is 15.2 Å². The lowest BCUT2D eigenvalue weighted by molar-refractivity contribution is 0.0288. The van der Waals surface area contributed by atoms with E-state index in [9.17, 15) is 9.59 Å². The minimum Gasteiger partial charge on any atom is -0.465 e. The Morgan fingerprint density at radius 2 is 1.77 bits per heavy atom. The molecule has 0 spiro atoms. The molecule has 0 atom stereocenters. The number of nitrogen functional groups attached to an aromatic ring is 1. The van der Waals surface area contributed by atoms with Crippen molar-refractivity contribution in [3.8, 4) is 0 Å². The number of nitrogens with two attached hydrogens (primary N) is 1. The number of anilines is 2. The van der Waals surface area contributed by atoms with Crippen LogP contribution in [0.15, 0.2) is 18.2 Å². The number of amides is 1. The highest BCUT2D eigenvalue weighted by Crippen LogP contribution is 2.25. The molecule has 122 valence electrons. The Kier molecular flexibility index (Phi) is 5.24. The van der Waals surface area contributed by atoms with E-state index in [1.54, 1.807) is 52.0 Å². The first-order chi connectivity index (χ1) is 10.1. The highest BCUT2D eigenvalue weighted by molar-refractivity contribution is 5.92. The fourth-order valence-corrected chi connectivity index (χ4v) is 1.71. The lowest BCUT2D eigenvalue weighted by Crippen LogP contribution is -2.44. The van der Waals surface area contributed by atoms with Crippen LogP contribution in [0, 0.1) is 0 Å². The van der Waals surface area contributed by atoms with E-state index < -0.39 is 17.7 Å². The minimum absolute atomic E-state index is 0.345. The van der Waals surface area contributed by atoms with Crippen molar-refractivity contribution in [2.45, 2.75) is 26.4 Å². The van der Waals surface area contributed by atoms with Crippen LogP contribution in [0.1, 0.15) is 31.1 Å². The van der Waals surface area contributed by atoms with Gasteiger partial charge in [0, 0.05) is 14.1 Å². The summed E-state index contributed by atoms with van der Waals surface area (Å²) < 4.78 is 9.93. The Balaban J connectivity index is 2.95.